The first-order valence-corrected chi connectivity index (χ1v) is 4.27. The number of benzene rings is 1. The van der Waals surface area contributed by atoms with Crippen LogP contribution in [0.25, 0.3) is 11.4 Å². The number of hydrazine groups is 1. The highest BCUT2D eigenvalue weighted by molar-refractivity contribution is 5.56. The Morgan fingerprint density at radius 3 is 2.80 bits per heavy atom. The molecule has 6 heteroatoms. The maximum atomic E-state index is 13.1. The highest BCUT2D eigenvalue weighted by Crippen LogP contribution is 2.19. The molecule has 78 valence electrons. The molecular formula is C9H9FN4O. The minimum absolute atomic E-state index is 0.0897. The van der Waals surface area contributed by atoms with Crippen molar-refractivity contribution in [2.24, 2.45) is 5.84 Å². The number of hydrogen-bond donors (Lipinski definition) is 2. The summed E-state index contributed by atoms with van der Waals surface area (Å²) in [6, 6.07) is 4.60. The molecule has 0 fully saturated rings. The number of nitrogens with zero attached hydrogens (tertiary/aromatic N) is 2. The highest BCUT2D eigenvalue weighted by atomic mass is 19.1. The molecule has 2 aromatic rings. The number of halogens is 1. The lowest BCUT2D eigenvalue weighted by Crippen LogP contribution is -2.06. The first-order valence-electron chi connectivity index (χ1n) is 4.27. The van der Waals surface area contributed by atoms with Gasteiger partial charge in [0.25, 0.3) is 0 Å². The predicted molar refractivity (Wildman–Crippen MR) is 52.2 cm³/mol. The first kappa shape index (κ1) is 9.60. The van der Waals surface area contributed by atoms with Crippen LogP contribution in [0.1, 0.15) is 5.56 Å². The smallest absolute Gasteiger partial charge is 0.314 e. The zero-order chi connectivity index (χ0) is 10.8. The summed E-state index contributed by atoms with van der Waals surface area (Å²) < 4.78 is 17.8. The van der Waals surface area contributed by atoms with Crippen molar-refractivity contribution in [2.45, 2.75) is 6.92 Å². The fraction of sp³-hybridized carbons (Fsp3) is 0.111. The number of hydrogen-bond acceptors (Lipinski definition) is 5. The quantitative estimate of drug-likeness (QED) is 0.577. The Bertz CT molecular complexity index is 462. The average molecular weight is 208 g/mol. The first-order chi connectivity index (χ1) is 7.19. The van der Waals surface area contributed by atoms with Crippen LogP contribution in [0.4, 0.5) is 10.4 Å². The van der Waals surface area contributed by atoms with Crippen molar-refractivity contribution in [2.75, 3.05) is 5.43 Å². The molecule has 0 saturated heterocycles. The topological polar surface area (TPSA) is 77.0 Å². The number of rotatable bonds is 2. The van der Waals surface area contributed by atoms with Gasteiger partial charge in [0, 0.05) is 5.56 Å². The fourth-order valence-corrected chi connectivity index (χ4v) is 1.26. The second-order valence-electron chi connectivity index (χ2n) is 3.08. The summed E-state index contributed by atoms with van der Waals surface area (Å²) in [5.74, 6) is 5.04. The van der Waals surface area contributed by atoms with Gasteiger partial charge in [-0.3, -0.25) is 5.43 Å². The van der Waals surface area contributed by atoms with E-state index in [-0.39, 0.29) is 11.8 Å². The largest absolute Gasteiger partial charge is 0.335 e. The Kier molecular flexibility index (Phi) is 2.34. The van der Waals surface area contributed by atoms with E-state index in [2.05, 4.69) is 15.6 Å². The summed E-state index contributed by atoms with van der Waals surface area (Å²) in [7, 11) is 0. The lowest BCUT2D eigenvalue weighted by Gasteiger charge is -1.97. The monoisotopic (exact) mass is 208 g/mol. The van der Waals surface area contributed by atoms with Crippen LogP contribution in [-0.2, 0) is 0 Å². The summed E-state index contributed by atoms with van der Waals surface area (Å²) in [6.45, 7) is 1.79. The molecule has 2 rings (SSSR count). The Labute approximate surface area is 85.1 Å². The third-order valence-electron chi connectivity index (χ3n) is 1.85. The van der Waals surface area contributed by atoms with Gasteiger partial charge in [-0.2, -0.15) is 4.98 Å². The summed E-state index contributed by atoms with van der Waals surface area (Å²) in [5.41, 5.74) is 3.55. The molecule has 1 heterocycles. The Hall–Kier alpha value is -1.95. The van der Waals surface area contributed by atoms with Crippen LogP contribution < -0.4 is 11.3 Å². The van der Waals surface area contributed by atoms with E-state index in [1.165, 1.54) is 12.1 Å². The Morgan fingerprint density at radius 2 is 2.20 bits per heavy atom. The molecular weight excluding hydrogens is 199 g/mol. The summed E-state index contributed by atoms with van der Waals surface area (Å²) >= 11 is 0. The molecule has 0 atom stereocenters. The second-order valence-corrected chi connectivity index (χ2v) is 3.08. The van der Waals surface area contributed by atoms with Crippen LogP contribution in [0, 0.1) is 12.7 Å². The molecule has 1 aromatic carbocycles. The third kappa shape index (κ3) is 1.94. The normalized spacial score (nSPS) is 10.3. The standard InChI is InChI=1S/C9H9FN4O/c1-5-2-6(4-7(10)3-5)8-12-9(13-11)15-14-8/h2-4H,11H2,1H3,(H,12,13,14). The number of nitrogens with one attached hydrogen (secondary N) is 1. The number of nitrogen functional groups attached to an aromatic ring is 1. The number of anilines is 1. The van der Waals surface area contributed by atoms with E-state index in [1.54, 1.807) is 13.0 Å². The van der Waals surface area contributed by atoms with E-state index in [9.17, 15) is 4.39 Å². The molecule has 0 aliphatic carbocycles. The van der Waals surface area contributed by atoms with Crippen molar-refractivity contribution in [3.8, 4) is 11.4 Å². The molecule has 0 aliphatic heterocycles. The fourth-order valence-electron chi connectivity index (χ4n) is 1.26. The van der Waals surface area contributed by atoms with Crippen molar-refractivity contribution in [1.82, 2.24) is 10.1 Å². The summed E-state index contributed by atoms with van der Waals surface area (Å²) in [5, 5.41) is 3.64. The molecule has 0 radical (unpaired) electrons. The molecule has 1 aromatic heterocycles. The van der Waals surface area contributed by atoms with Crippen LogP contribution in [-0.4, -0.2) is 10.1 Å². The van der Waals surface area contributed by atoms with Gasteiger partial charge in [0.2, 0.25) is 5.82 Å². The van der Waals surface area contributed by atoms with Gasteiger partial charge in [0.1, 0.15) is 5.82 Å². The van der Waals surface area contributed by atoms with Crippen molar-refractivity contribution >= 4 is 6.01 Å². The van der Waals surface area contributed by atoms with Gasteiger partial charge in [-0.25, -0.2) is 10.2 Å². The SMILES string of the molecule is Cc1cc(F)cc(-c2noc(NN)n2)c1. The molecule has 5 nitrogen and oxygen atoms in total. The van der Waals surface area contributed by atoms with Crippen LogP contribution in [0.5, 0.6) is 0 Å². The van der Waals surface area contributed by atoms with Crippen LogP contribution in [0.15, 0.2) is 22.7 Å². The lowest BCUT2D eigenvalue weighted by molar-refractivity contribution is 0.432. The summed E-state index contributed by atoms with van der Waals surface area (Å²) in [4.78, 5) is 3.90. The number of aromatic nitrogens is 2. The molecule has 0 unspecified atom stereocenters. The van der Waals surface area contributed by atoms with Gasteiger partial charge in [0.05, 0.1) is 0 Å². The average Bonchev–Trinajstić information content (AvgIpc) is 2.64. The molecule has 3 N–H and O–H groups in total. The molecule has 0 amide bonds. The van der Waals surface area contributed by atoms with Gasteiger partial charge in [0.15, 0.2) is 0 Å². The number of nitrogens with two attached hydrogens (primary N) is 1. The lowest BCUT2D eigenvalue weighted by atomic mass is 10.1. The molecule has 0 spiro atoms. The third-order valence-corrected chi connectivity index (χ3v) is 1.85. The predicted octanol–water partition coefficient (Wildman–Crippen LogP) is 1.47. The van der Waals surface area contributed by atoms with Crippen molar-refractivity contribution in [3.05, 3.63) is 29.6 Å². The Balaban J connectivity index is 2.44. The molecule has 0 aliphatic rings. The maximum absolute atomic E-state index is 13.1. The molecule has 0 saturated carbocycles. The van der Waals surface area contributed by atoms with Crippen molar-refractivity contribution < 1.29 is 8.91 Å². The highest BCUT2D eigenvalue weighted by Gasteiger charge is 2.08. The molecule has 15 heavy (non-hydrogen) atoms. The van der Waals surface area contributed by atoms with Gasteiger partial charge >= 0.3 is 6.01 Å². The van der Waals surface area contributed by atoms with E-state index in [4.69, 9.17) is 10.4 Å². The zero-order valence-electron chi connectivity index (χ0n) is 7.99. The maximum Gasteiger partial charge on any atom is 0.335 e. The molecule has 0 bridgehead atoms. The van der Waals surface area contributed by atoms with E-state index >= 15 is 0 Å². The van der Waals surface area contributed by atoms with E-state index in [0.717, 1.165) is 5.56 Å². The van der Waals surface area contributed by atoms with Crippen molar-refractivity contribution in [1.29, 1.82) is 0 Å². The van der Waals surface area contributed by atoms with Crippen LogP contribution in [0.2, 0.25) is 0 Å². The van der Waals surface area contributed by atoms with Gasteiger partial charge in [-0.15, -0.1) is 0 Å². The van der Waals surface area contributed by atoms with E-state index in [0.29, 0.717) is 11.4 Å². The van der Waals surface area contributed by atoms with Crippen LogP contribution >= 0.6 is 0 Å². The van der Waals surface area contributed by atoms with Gasteiger partial charge in [-0.05, 0) is 30.7 Å². The van der Waals surface area contributed by atoms with Gasteiger partial charge in [-0.1, -0.05) is 5.16 Å². The number of aryl methyl sites for hydroxylation is 1. The zero-order valence-corrected chi connectivity index (χ0v) is 7.99. The Morgan fingerprint density at radius 1 is 1.40 bits per heavy atom. The van der Waals surface area contributed by atoms with Gasteiger partial charge < -0.3 is 4.52 Å². The van der Waals surface area contributed by atoms with Crippen molar-refractivity contribution in [3.63, 3.8) is 0 Å². The van der Waals surface area contributed by atoms with Crippen LogP contribution in [0.3, 0.4) is 0 Å². The minimum atomic E-state index is -0.336. The second kappa shape index (κ2) is 3.66. The van der Waals surface area contributed by atoms with E-state index in [1.807, 2.05) is 0 Å². The minimum Gasteiger partial charge on any atom is -0.314 e. The summed E-state index contributed by atoms with van der Waals surface area (Å²) in [6.07, 6.45) is 0. The van der Waals surface area contributed by atoms with E-state index < -0.39 is 0 Å².